The standard InChI is InChI=1S/C19H18FN5O3/c1-11-16(7-21-24(11)2)22-18(26)13-8-25(9-13)19(27)15-10-28-23-17(15)12-3-5-14(20)6-4-12/h3-7,10,13H,8-9H2,1-2H3,(H,22,26). The summed E-state index contributed by atoms with van der Waals surface area (Å²) in [6, 6.07) is 5.66. The van der Waals surface area contributed by atoms with Crippen molar-refractivity contribution in [3.05, 3.63) is 53.8 Å². The van der Waals surface area contributed by atoms with E-state index < -0.39 is 0 Å². The molecule has 9 heteroatoms. The predicted molar refractivity (Wildman–Crippen MR) is 97.9 cm³/mol. The van der Waals surface area contributed by atoms with Crippen molar-refractivity contribution >= 4 is 17.5 Å². The second kappa shape index (κ2) is 6.91. The molecule has 1 aromatic carbocycles. The van der Waals surface area contributed by atoms with E-state index in [0.29, 0.717) is 30.0 Å². The number of hydrogen-bond acceptors (Lipinski definition) is 5. The van der Waals surface area contributed by atoms with E-state index >= 15 is 0 Å². The number of carbonyl (C=O) groups is 2. The summed E-state index contributed by atoms with van der Waals surface area (Å²) in [5.74, 6) is -1.09. The van der Waals surface area contributed by atoms with Gasteiger partial charge in [-0.15, -0.1) is 0 Å². The monoisotopic (exact) mass is 383 g/mol. The van der Waals surface area contributed by atoms with Crippen molar-refractivity contribution in [3.8, 4) is 11.3 Å². The maximum atomic E-state index is 13.1. The Morgan fingerprint density at radius 2 is 1.96 bits per heavy atom. The zero-order valence-corrected chi connectivity index (χ0v) is 15.3. The molecule has 0 radical (unpaired) electrons. The fourth-order valence-corrected chi connectivity index (χ4v) is 3.04. The number of carbonyl (C=O) groups excluding carboxylic acids is 2. The summed E-state index contributed by atoms with van der Waals surface area (Å²) in [4.78, 5) is 26.7. The van der Waals surface area contributed by atoms with Crippen LogP contribution in [0.25, 0.3) is 11.3 Å². The van der Waals surface area contributed by atoms with E-state index in [1.807, 2.05) is 6.92 Å². The Bertz CT molecular complexity index is 1030. The van der Waals surface area contributed by atoms with Gasteiger partial charge >= 0.3 is 0 Å². The molecule has 1 fully saturated rings. The van der Waals surface area contributed by atoms with Gasteiger partial charge in [0.2, 0.25) is 5.91 Å². The van der Waals surface area contributed by atoms with Crippen LogP contribution in [0.3, 0.4) is 0 Å². The molecule has 1 aliphatic rings. The highest BCUT2D eigenvalue weighted by atomic mass is 19.1. The summed E-state index contributed by atoms with van der Waals surface area (Å²) in [5.41, 5.74) is 2.74. The third-order valence-corrected chi connectivity index (χ3v) is 4.95. The summed E-state index contributed by atoms with van der Waals surface area (Å²) in [6.45, 7) is 2.47. The predicted octanol–water partition coefficient (Wildman–Crippen LogP) is 2.23. The molecule has 2 aromatic heterocycles. The minimum Gasteiger partial charge on any atom is -0.363 e. The molecule has 0 bridgehead atoms. The van der Waals surface area contributed by atoms with Crippen LogP contribution in [0.15, 0.2) is 41.2 Å². The summed E-state index contributed by atoms with van der Waals surface area (Å²) in [7, 11) is 1.80. The summed E-state index contributed by atoms with van der Waals surface area (Å²) in [6.07, 6.45) is 2.87. The Morgan fingerprint density at radius 3 is 2.61 bits per heavy atom. The van der Waals surface area contributed by atoms with Crippen LogP contribution in [0.5, 0.6) is 0 Å². The fraction of sp³-hybridized carbons (Fsp3) is 0.263. The normalized spacial score (nSPS) is 14.0. The van der Waals surface area contributed by atoms with E-state index in [1.54, 1.807) is 22.8 Å². The van der Waals surface area contributed by atoms with Crippen molar-refractivity contribution in [1.29, 1.82) is 0 Å². The van der Waals surface area contributed by atoms with Crippen LogP contribution in [-0.4, -0.2) is 44.7 Å². The first-order chi connectivity index (χ1) is 13.4. The Hall–Kier alpha value is -3.49. The van der Waals surface area contributed by atoms with Gasteiger partial charge in [0.15, 0.2) is 0 Å². The molecule has 0 atom stereocenters. The number of hydrogen-bond donors (Lipinski definition) is 1. The van der Waals surface area contributed by atoms with Crippen molar-refractivity contribution in [1.82, 2.24) is 19.8 Å². The van der Waals surface area contributed by atoms with Gasteiger partial charge in [-0.1, -0.05) is 5.16 Å². The molecule has 2 amide bonds. The fourth-order valence-electron chi connectivity index (χ4n) is 3.04. The van der Waals surface area contributed by atoms with Crippen molar-refractivity contribution in [2.24, 2.45) is 13.0 Å². The van der Waals surface area contributed by atoms with Crippen LogP contribution < -0.4 is 5.32 Å². The Morgan fingerprint density at radius 1 is 1.25 bits per heavy atom. The topological polar surface area (TPSA) is 93.3 Å². The summed E-state index contributed by atoms with van der Waals surface area (Å²) in [5, 5.41) is 10.8. The quantitative estimate of drug-likeness (QED) is 0.746. The number of amides is 2. The molecule has 1 aliphatic heterocycles. The van der Waals surface area contributed by atoms with E-state index in [4.69, 9.17) is 4.52 Å². The van der Waals surface area contributed by atoms with E-state index in [-0.39, 0.29) is 29.1 Å². The van der Waals surface area contributed by atoms with E-state index in [2.05, 4.69) is 15.6 Å². The molecule has 0 spiro atoms. The molecular formula is C19H18FN5O3. The number of nitrogens with one attached hydrogen (secondary N) is 1. The molecule has 0 saturated carbocycles. The molecule has 1 saturated heterocycles. The first-order valence-corrected chi connectivity index (χ1v) is 8.73. The number of nitrogens with zero attached hydrogens (tertiary/aromatic N) is 4. The van der Waals surface area contributed by atoms with Crippen molar-refractivity contribution < 1.29 is 18.5 Å². The van der Waals surface area contributed by atoms with Crippen molar-refractivity contribution in [3.63, 3.8) is 0 Å². The molecule has 28 heavy (non-hydrogen) atoms. The van der Waals surface area contributed by atoms with Gasteiger partial charge in [0.25, 0.3) is 5.91 Å². The maximum absolute atomic E-state index is 13.1. The van der Waals surface area contributed by atoms with Crippen LogP contribution in [0, 0.1) is 18.7 Å². The molecular weight excluding hydrogens is 365 g/mol. The third-order valence-electron chi connectivity index (χ3n) is 4.95. The van der Waals surface area contributed by atoms with Crippen LogP contribution in [0.1, 0.15) is 16.1 Å². The number of benzene rings is 1. The average molecular weight is 383 g/mol. The minimum atomic E-state index is -0.374. The van der Waals surface area contributed by atoms with Gasteiger partial charge in [-0.2, -0.15) is 5.10 Å². The lowest BCUT2D eigenvalue weighted by molar-refractivity contribution is -0.123. The maximum Gasteiger partial charge on any atom is 0.259 e. The second-order valence-electron chi connectivity index (χ2n) is 6.75. The zero-order chi connectivity index (χ0) is 19.8. The van der Waals surface area contributed by atoms with Crippen LogP contribution >= 0.6 is 0 Å². The number of rotatable bonds is 4. The number of likely N-dealkylation sites (tertiary alicyclic amines) is 1. The van der Waals surface area contributed by atoms with Crippen molar-refractivity contribution in [2.75, 3.05) is 18.4 Å². The van der Waals surface area contributed by atoms with E-state index in [1.165, 1.54) is 30.5 Å². The van der Waals surface area contributed by atoms with Gasteiger partial charge in [0.1, 0.15) is 23.3 Å². The van der Waals surface area contributed by atoms with Gasteiger partial charge in [0.05, 0.1) is 23.5 Å². The molecule has 3 aromatic rings. The van der Waals surface area contributed by atoms with Gasteiger partial charge in [-0.05, 0) is 31.2 Å². The lowest BCUT2D eigenvalue weighted by atomic mass is 9.97. The Balaban J connectivity index is 1.41. The molecule has 3 heterocycles. The highest BCUT2D eigenvalue weighted by Gasteiger charge is 2.37. The number of aromatic nitrogens is 3. The molecule has 8 nitrogen and oxygen atoms in total. The smallest absolute Gasteiger partial charge is 0.259 e. The molecule has 1 N–H and O–H groups in total. The first-order valence-electron chi connectivity index (χ1n) is 8.73. The molecule has 4 rings (SSSR count). The molecule has 0 unspecified atom stereocenters. The summed E-state index contributed by atoms with van der Waals surface area (Å²) >= 11 is 0. The number of aryl methyl sites for hydroxylation is 1. The van der Waals surface area contributed by atoms with Crippen LogP contribution in [0.4, 0.5) is 10.1 Å². The Labute approximate surface area is 159 Å². The van der Waals surface area contributed by atoms with Gasteiger partial charge in [-0.3, -0.25) is 14.3 Å². The lowest BCUT2D eigenvalue weighted by Gasteiger charge is -2.38. The number of halogens is 1. The van der Waals surface area contributed by atoms with Gasteiger partial charge < -0.3 is 14.7 Å². The minimum absolute atomic E-state index is 0.149. The largest absolute Gasteiger partial charge is 0.363 e. The van der Waals surface area contributed by atoms with E-state index in [9.17, 15) is 14.0 Å². The lowest BCUT2D eigenvalue weighted by Crippen LogP contribution is -2.54. The SMILES string of the molecule is Cc1c(NC(=O)C2CN(C(=O)c3conc3-c3ccc(F)cc3)C2)cnn1C. The molecule has 144 valence electrons. The second-order valence-corrected chi connectivity index (χ2v) is 6.75. The van der Waals surface area contributed by atoms with E-state index in [0.717, 1.165) is 5.69 Å². The van der Waals surface area contributed by atoms with Crippen LogP contribution in [-0.2, 0) is 11.8 Å². The average Bonchev–Trinajstić information content (AvgIpc) is 3.24. The first kappa shape index (κ1) is 17.9. The van der Waals surface area contributed by atoms with Gasteiger partial charge in [0, 0.05) is 25.7 Å². The summed E-state index contributed by atoms with van der Waals surface area (Å²) < 4.78 is 19.8. The highest BCUT2D eigenvalue weighted by molar-refractivity contribution is 6.01. The Kier molecular flexibility index (Phi) is 4.42. The van der Waals surface area contributed by atoms with Gasteiger partial charge in [-0.25, -0.2) is 4.39 Å². The number of anilines is 1. The van der Waals surface area contributed by atoms with Crippen LogP contribution in [0.2, 0.25) is 0 Å². The van der Waals surface area contributed by atoms with Crippen molar-refractivity contribution in [2.45, 2.75) is 6.92 Å². The molecule has 0 aliphatic carbocycles. The highest BCUT2D eigenvalue weighted by Crippen LogP contribution is 2.27. The zero-order valence-electron chi connectivity index (χ0n) is 15.3. The third kappa shape index (κ3) is 3.15.